The van der Waals surface area contributed by atoms with E-state index in [1.54, 1.807) is 12.1 Å². The smallest absolute Gasteiger partial charge is 0.309 e. The number of aliphatic carboxylic acids is 1. The van der Waals surface area contributed by atoms with E-state index in [4.69, 9.17) is 5.73 Å². The number of fused-ring (bicyclic) bond motifs is 1. The molecule has 2 fully saturated rings. The van der Waals surface area contributed by atoms with Crippen LogP contribution in [0.2, 0.25) is 0 Å². The van der Waals surface area contributed by atoms with Crippen LogP contribution in [0.1, 0.15) is 71.9 Å². The molecule has 2 aliphatic heterocycles. The second-order valence-corrected chi connectivity index (χ2v) is 8.77. The Bertz CT molecular complexity index is 862. The third-order valence-electron chi connectivity index (χ3n) is 7.40. The molecule has 0 bridgehead atoms. The molecule has 0 spiro atoms. The number of hydrogen-bond donors (Lipinski definition) is 2. The molecule has 0 radical (unpaired) electrons. The number of nitrogens with zero attached hydrogens (tertiary/aromatic N) is 2. The van der Waals surface area contributed by atoms with Crippen LogP contribution in [0.5, 0.6) is 0 Å². The summed E-state index contributed by atoms with van der Waals surface area (Å²) in [4.78, 5) is 40.7. The predicted molar refractivity (Wildman–Crippen MR) is 107 cm³/mol. The van der Waals surface area contributed by atoms with Crippen molar-refractivity contribution in [2.75, 3.05) is 19.6 Å². The van der Waals surface area contributed by atoms with Crippen molar-refractivity contribution < 1.29 is 19.5 Å². The Kier molecular flexibility index (Phi) is 4.89. The van der Waals surface area contributed by atoms with Gasteiger partial charge in [-0.3, -0.25) is 14.4 Å². The number of carbonyl (C=O) groups is 3. The van der Waals surface area contributed by atoms with Gasteiger partial charge in [0.1, 0.15) is 0 Å². The molecule has 3 unspecified atom stereocenters. The molecule has 156 valence electrons. The van der Waals surface area contributed by atoms with Gasteiger partial charge in [0, 0.05) is 25.7 Å². The third-order valence-corrected chi connectivity index (χ3v) is 7.40. The number of likely N-dealkylation sites (tertiary alicyclic amines) is 1. The number of hydrogen-bond acceptors (Lipinski definition) is 4. The number of piperidine rings is 1. The highest BCUT2D eigenvalue weighted by molar-refractivity contribution is 6.09. The van der Waals surface area contributed by atoms with Crippen molar-refractivity contribution in [3.05, 3.63) is 34.9 Å². The maximum absolute atomic E-state index is 13.1. The molecule has 7 nitrogen and oxygen atoms in total. The molecule has 2 heterocycles. The van der Waals surface area contributed by atoms with E-state index >= 15 is 0 Å². The number of primary amides is 1. The minimum Gasteiger partial charge on any atom is -0.481 e. The van der Waals surface area contributed by atoms with Crippen molar-refractivity contribution in [2.24, 2.45) is 17.1 Å². The quantitative estimate of drug-likeness (QED) is 0.764. The Morgan fingerprint density at radius 2 is 1.97 bits per heavy atom. The Labute approximate surface area is 170 Å². The third kappa shape index (κ3) is 3.12. The highest BCUT2D eigenvalue weighted by Gasteiger charge is 2.59. The topological polar surface area (TPSA) is 104 Å². The van der Waals surface area contributed by atoms with Gasteiger partial charge in [-0.2, -0.15) is 0 Å². The fraction of sp³-hybridized carbons (Fsp3) is 0.591. The minimum atomic E-state index is -0.667. The first-order valence-electron chi connectivity index (χ1n) is 10.5. The fourth-order valence-electron chi connectivity index (χ4n) is 5.46. The fourth-order valence-corrected chi connectivity index (χ4v) is 5.46. The molecule has 1 saturated heterocycles. The van der Waals surface area contributed by atoms with Crippen LogP contribution in [0, 0.1) is 11.3 Å². The largest absolute Gasteiger partial charge is 0.481 e. The minimum absolute atomic E-state index is 0.0727. The van der Waals surface area contributed by atoms with Crippen LogP contribution in [0.15, 0.2) is 18.2 Å². The average molecular weight is 399 g/mol. The van der Waals surface area contributed by atoms with E-state index in [1.807, 2.05) is 24.8 Å². The Morgan fingerprint density at radius 3 is 2.52 bits per heavy atom. The molecule has 3 N–H and O–H groups in total. The monoisotopic (exact) mass is 399 g/mol. The number of nitrogens with two attached hydrogens (primary N) is 1. The van der Waals surface area contributed by atoms with Gasteiger partial charge in [-0.25, -0.2) is 0 Å². The summed E-state index contributed by atoms with van der Waals surface area (Å²) < 4.78 is 0. The van der Waals surface area contributed by atoms with Crippen LogP contribution >= 0.6 is 0 Å². The Morgan fingerprint density at radius 1 is 1.28 bits per heavy atom. The average Bonchev–Trinajstić information content (AvgIpc) is 3.36. The normalized spacial score (nSPS) is 29.7. The van der Waals surface area contributed by atoms with Crippen molar-refractivity contribution in [3.63, 3.8) is 0 Å². The summed E-state index contributed by atoms with van der Waals surface area (Å²) in [6.07, 6.45) is 3.17. The van der Waals surface area contributed by atoms with Gasteiger partial charge in [0.05, 0.1) is 22.6 Å². The zero-order valence-corrected chi connectivity index (χ0v) is 17.1. The summed E-state index contributed by atoms with van der Waals surface area (Å²) in [5.41, 5.74) is 6.60. The molecule has 3 aliphatic rings. The lowest BCUT2D eigenvalue weighted by atomic mass is 9.98. The standard InChI is InChI=1S/C22H29N3O4/c1-3-22(21(28)29)11-14(22)12-24-9-7-15(8-10-24)25-13(2)16-5-4-6-17(19(23)26)18(16)20(25)27/h4-6,13-15H,3,7-12H2,1-2H3,(H2,23,26)(H,28,29). The first-order chi connectivity index (χ1) is 13.8. The van der Waals surface area contributed by atoms with Crippen molar-refractivity contribution in [2.45, 2.75) is 51.6 Å². The van der Waals surface area contributed by atoms with E-state index in [2.05, 4.69) is 4.90 Å². The summed E-state index contributed by atoms with van der Waals surface area (Å²) >= 11 is 0. The van der Waals surface area contributed by atoms with Gasteiger partial charge in [-0.15, -0.1) is 0 Å². The van der Waals surface area contributed by atoms with Crippen LogP contribution in [0.3, 0.4) is 0 Å². The number of carboxylic acid groups (broad SMARTS) is 1. The van der Waals surface area contributed by atoms with E-state index in [9.17, 15) is 19.5 Å². The summed E-state index contributed by atoms with van der Waals surface area (Å²) in [7, 11) is 0. The van der Waals surface area contributed by atoms with Crippen LogP contribution < -0.4 is 5.73 Å². The zero-order valence-electron chi connectivity index (χ0n) is 17.1. The molecule has 1 saturated carbocycles. The second kappa shape index (κ2) is 7.13. The summed E-state index contributed by atoms with van der Waals surface area (Å²) in [6, 6.07) is 5.36. The van der Waals surface area contributed by atoms with Crippen molar-refractivity contribution in [1.29, 1.82) is 0 Å². The van der Waals surface area contributed by atoms with E-state index in [0.29, 0.717) is 17.5 Å². The SMILES string of the molecule is CCC1(C(=O)O)CC1CN1CCC(N2C(=O)c3c(C(N)=O)cccc3C2C)CC1. The van der Waals surface area contributed by atoms with Crippen LogP contribution in [-0.4, -0.2) is 58.4 Å². The number of benzene rings is 1. The Balaban J connectivity index is 1.41. The highest BCUT2D eigenvalue weighted by Crippen LogP contribution is 2.55. The lowest BCUT2D eigenvalue weighted by Crippen LogP contribution is -2.46. The molecule has 4 rings (SSSR count). The van der Waals surface area contributed by atoms with E-state index in [0.717, 1.165) is 44.5 Å². The molecule has 29 heavy (non-hydrogen) atoms. The molecule has 0 aromatic heterocycles. The van der Waals surface area contributed by atoms with Gasteiger partial charge in [0.15, 0.2) is 0 Å². The van der Waals surface area contributed by atoms with Crippen LogP contribution in [-0.2, 0) is 4.79 Å². The van der Waals surface area contributed by atoms with Gasteiger partial charge >= 0.3 is 5.97 Å². The molecule has 2 amide bonds. The predicted octanol–water partition coefficient (Wildman–Crippen LogP) is 2.27. The summed E-state index contributed by atoms with van der Waals surface area (Å²) in [6.45, 7) is 6.50. The summed E-state index contributed by atoms with van der Waals surface area (Å²) in [5.74, 6) is -1.10. The second-order valence-electron chi connectivity index (χ2n) is 8.77. The van der Waals surface area contributed by atoms with Gasteiger partial charge in [0.2, 0.25) is 5.91 Å². The maximum Gasteiger partial charge on any atom is 0.309 e. The van der Waals surface area contributed by atoms with Crippen molar-refractivity contribution >= 4 is 17.8 Å². The lowest BCUT2D eigenvalue weighted by Gasteiger charge is -2.39. The maximum atomic E-state index is 13.1. The Hall–Kier alpha value is -2.41. The molecular weight excluding hydrogens is 370 g/mol. The van der Waals surface area contributed by atoms with Crippen LogP contribution in [0.25, 0.3) is 0 Å². The van der Waals surface area contributed by atoms with E-state index < -0.39 is 17.3 Å². The molecular formula is C22H29N3O4. The van der Waals surface area contributed by atoms with E-state index in [1.165, 1.54) is 0 Å². The van der Waals surface area contributed by atoms with Crippen LogP contribution in [0.4, 0.5) is 0 Å². The lowest BCUT2D eigenvalue weighted by molar-refractivity contribution is -0.144. The molecule has 3 atom stereocenters. The molecule has 7 heteroatoms. The van der Waals surface area contributed by atoms with Gasteiger partial charge < -0.3 is 20.6 Å². The number of carboxylic acids is 1. The molecule has 1 aliphatic carbocycles. The summed E-state index contributed by atoms with van der Waals surface area (Å²) in [5, 5.41) is 9.50. The van der Waals surface area contributed by atoms with Gasteiger partial charge in [0.25, 0.3) is 5.91 Å². The number of carbonyl (C=O) groups excluding carboxylic acids is 2. The van der Waals surface area contributed by atoms with Crippen molar-refractivity contribution in [3.8, 4) is 0 Å². The molecule has 1 aromatic rings. The van der Waals surface area contributed by atoms with E-state index in [-0.39, 0.29) is 23.9 Å². The zero-order chi connectivity index (χ0) is 20.9. The van der Waals surface area contributed by atoms with Gasteiger partial charge in [-0.05, 0) is 50.2 Å². The molecule has 1 aromatic carbocycles. The van der Waals surface area contributed by atoms with Crippen molar-refractivity contribution in [1.82, 2.24) is 9.80 Å². The number of rotatable bonds is 6. The first kappa shape index (κ1) is 19.9. The first-order valence-corrected chi connectivity index (χ1v) is 10.5. The highest BCUT2D eigenvalue weighted by atomic mass is 16.4. The number of amides is 2. The van der Waals surface area contributed by atoms with Gasteiger partial charge in [-0.1, -0.05) is 19.1 Å².